The molecule has 0 saturated carbocycles. The summed E-state index contributed by atoms with van der Waals surface area (Å²) >= 11 is 0. The summed E-state index contributed by atoms with van der Waals surface area (Å²) in [6, 6.07) is 4.50. The number of aryl methyl sites for hydroxylation is 1. The SMILES string of the molecule is Cc1cc(F)ccc1-c1noc(C(C)CCN)n1. The molecule has 18 heavy (non-hydrogen) atoms. The fourth-order valence-electron chi connectivity index (χ4n) is 1.80. The molecule has 1 heterocycles. The lowest BCUT2D eigenvalue weighted by molar-refractivity contribution is 0.355. The first-order chi connectivity index (χ1) is 8.61. The van der Waals surface area contributed by atoms with Crippen molar-refractivity contribution in [2.24, 2.45) is 5.73 Å². The minimum Gasteiger partial charge on any atom is -0.339 e. The molecule has 1 aromatic carbocycles. The summed E-state index contributed by atoms with van der Waals surface area (Å²) in [4.78, 5) is 4.33. The maximum absolute atomic E-state index is 13.0. The molecule has 0 aliphatic heterocycles. The van der Waals surface area contributed by atoms with Crippen LogP contribution in [0.25, 0.3) is 11.4 Å². The van der Waals surface area contributed by atoms with E-state index in [2.05, 4.69) is 10.1 Å². The van der Waals surface area contributed by atoms with Crippen LogP contribution in [0.5, 0.6) is 0 Å². The lowest BCUT2D eigenvalue weighted by atomic mass is 10.1. The Kier molecular flexibility index (Phi) is 3.72. The first kappa shape index (κ1) is 12.7. The molecule has 0 fully saturated rings. The lowest BCUT2D eigenvalue weighted by Gasteiger charge is -2.02. The molecule has 2 rings (SSSR count). The first-order valence-corrected chi connectivity index (χ1v) is 5.92. The summed E-state index contributed by atoms with van der Waals surface area (Å²) in [5, 5.41) is 3.93. The zero-order valence-corrected chi connectivity index (χ0v) is 10.5. The highest BCUT2D eigenvalue weighted by Gasteiger charge is 2.15. The summed E-state index contributed by atoms with van der Waals surface area (Å²) in [5.41, 5.74) is 7.06. The van der Waals surface area contributed by atoms with Gasteiger partial charge in [0.1, 0.15) is 5.82 Å². The van der Waals surface area contributed by atoms with Gasteiger partial charge in [0.15, 0.2) is 0 Å². The molecule has 0 saturated heterocycles. The van der Waals surface area contributed by atoms with Crippen LogP contribution < -0.4 is 5.73 Å². The minimum atomic E-state index is -0.267. The van der Waals surface area contributed by atoms with Crippen molar-refractivity contribution in [3.8, 4) is 11.4 Å². The van der Waals surface area contributed by atoms with Gasteiger partial charge in [-0.1, -0.05) is 12.1 Å². The molecule has 5 heteroatoms. The van der Waals surface area contributed by atoms with Crippen molar-refractivity contribution in [1.29, 1.82) is 0 Å². The minimum absolute atomic E-state index is 0.136. The largest absolute Gasteiger partial charge is 0.339 e. The number of aromatic nitrogens is 2. The van der Waals surface area contributed by atoms with E-state index >= 15 is 0 Å². The Morgan fingerprint density at radius 1 is 1.44 bits per heavy atom. The van der Waals surface area contributed by atoms with Gasteiger partial charge in [-0.25, -0.2) is 4.39 Å². The zero-order valence-electron chi connectivity index (χ0n) is 10.5. The first-order valence-electron chi connectivity index (χ1n) is 5.92. The zero-order chi connectivity index (χ0) is 13.1. The summed E-state index contributed by atoms with van der Waals surface area (Å²) in [6.07, 6.45) is 0.796. The van der Waals surface area contributed by atoms with Gasteiger partial charge in [-0.3, -0.25) is 0 Å². The number of halogens is 1. The lowest BCUT2D eigenvalue weighted by Crippen LogP contribution is -2.04. The standard InChI is InChI=1S/C13H16FN3O/c1-8(5-6-15)13-16-12(17-18-13)11-4-3-10(14)7-9(11)2/h3-4,7-8H,5-6,15H2,1-2H3. The van der Waals surface area contributed by atoms with Crippen LogP contribution in [0.4, 0.5) is 4.39 Å². The van der Waals surface area contributed by atoms with E-state index in [9.17, 15) is 4.39 Å². The molecular weight excluding hydrogens is 233 g/mol. The van der Waals surface area contributed by atoms with Gasteiger partial charge in [-0.2, -0.15) is 4.98 Å². The molecule has 0 spiro atoms. The van der Waals surface area contributed by atoms with E-state index in [4.69, 9.17) is 10.3 Å². The van der Waals surface area contributed by atoms with Crippen molar-refractivity contribution in [1.82, 2.24) is 10.1 Å². The van der Waals surface area contributed by atoms with Crippen LogP contribution in [0.1, 0.15) is 30.7 Å². The van der Waals surface area contributed by atoms with E-state index in [0.717, 1.165) is 17.5 Å². The Labute approximate surface area is 105 Å². The summed E-state index contributed by atoms with van der Waals surface area (Å²) in [5.74, 6) is 0.930. The molecule has 0 aliphatic carbocycles. The normalized spacial score (nSPS) is 12.7. The molecular formula is C13H16FN3O. The van der Waals surface area contributed by atoms with Crippen LogP contribution >= 0.6 is 0 Å². The monoisotopic (exact) mass is 249 g/mol. The molecule has 96 valence electrons. The Balaban J connectivity index is 2.29. The maximum Gasteiger partial charge on any atom is 0.229 e. The number of nitrogens with zero attached hydrogens (tertiary/aromatic N) is 2. The Morgan fingerprint density at radius 3 is 2.89 bits per heavy atom. The van der Waals surface area contributed by atoms with Crippen molar-refractivity contribution in [2.45, 2.75) is 26.2 Å². The molecule has 2 aromatic rings. The fraction of sp³-hybridized carbons (Fsp3) is 0.385. The Hall–Kier alpha value is -1.75. The molecule has 0 aliphatic rings. The second-order valence-corrected chi connectivity index (χ2v) is 4.39. The van der Waals surface area contributed by atoms with Gasteiger partial charge in [0.05, 0.1) is 0 Å². The predicted molar refractivity (Wildman–Crippen MR) is 66.5 cm³/mol. The highest BCUT2D eigenvalue weighted by Crippen LogP contribution is 2.24. The van der Waals surface area contributed by atoms with Crippen LogP contribution in [0, 0.1) is 12.7 Å². The van der Waals surface area contributed by atoms with E-state index in [0.29, 0.717) is 18.3 Å². The maximum atomic E-state index is 13.0. The average molecular weight is 249 g/mol. The number of hydrogen-bond acceptors (Lipinski definition) is 4. The molecule has 1 aromatic heterocycles. The van der Waals surface area contributed by atoms with Gasteiger partial charge in [0.2, 0.25) is 11.7 Å². The van der Waals surface area contributed by atoms with E-state index in [1.807, 2.05) is 13.8 Å². The van der Waals surface area contributed by atoms with Gasteiger partial charge in [-0.05, 0) is 43.7 Å². The van der Waals surface area contributed by atoms with Gasteiger partial charge < -0.3 is 10.3 Å². The van der Waals surface area contributed by atoms with Crippen molar-refractivity contribution in [2.75, 3.05) is 6.54 Å². The van der Waals surface area contributed by atoms with Gasteiger partial charge in [0, 0.05) is 11.5 Å². The van der Waals surface area contributed by atoms with Gasteiger partial charge in [0.25, 0.3) is 0 Å². The number of nitrogens with two attached hydrogens (primary N) is 1. The Morgan fingerprint density at radius 2 is 2.22 bits per heavy atom. The second-order valence-electron chi connectivity index (χ2n) is 4.39. The van der Waals surface area contributed by atoms with Crippen LogP contribution in [0.2, 0.25) is 0 Å². The third-order valence-corrected chi connectivity index (χ3v) is 2.89. The van der Waals surface area contributed by atoms with Crippen LogP contribution in [0.15, 0.2) is 22.7 Å². The van der Waals surface area contributed by atoms with E-state index < -0.39 is 0 Å². The molecule has 1 unspecified atom stereocenters. The van der Waals surface area contributed by atoms with E-state index in [1.165, 1.54) is 12.1 Å². The van der Waals surface area contributed by atoms with Crippen LogP contribution in [-0.2, 0) is 0 Å². The van der Waals surface area contributed by atoms with Gasteiger partial charge in [-0.15, -0.1) is 0 Å². The number of hydrogen-bond donors (Lipinski definition) is 1. The Bertz CT molecular complexity index is 539. The third-order valence-electron chi connectivity index (χ3n) is 2.89. The van der Waals surface area contributed by atoms with Crippen molar-refractivity contribution in [3.63, 3.8) is 0 Å². The highest BCUT2D eigenvalue weighted by molar-refractivity contribution is 5.59. The predicted octanol–water partition coefficient (Wildman–Crippen LogP) is 2.64. The summed E-state index contributed by atoms with van der Waals surface area (Å²) in [6.45, 7) is 4.38. The smallest absolute Gasteiger partial charge is 0.229 e. The summed E-state index contributed by atoms with van der Waals surface area (Å²) < 4.78 is 18.2. The average Bonchev–Trinajstić information content (AvgIpc) is 2.78. The van der Waals surface area contributed by atoms with E-state index in [-0.39, 0.29) is 11.7 Å². The third kappa shape index (κ3) is 2.56. The fourth-order valence-corrected chi connectivity index (χ4v) is 1.80. The van der Waals surface area contributed by atoms with E-state index in [1.54, 1.807) is 6.07 Å². The second kappa shape index (κ2) is 5.27. The molecule has 2 N–H and O–H groups in total. The highest BCUT2D eigenvalue weighted by atomic mass is 19.1. The topological polar surface area (TPSA) is 64.9 Å². The number of rotatable bonds is 4. The van der Waals surface area contributed by atoms with Crippen LogP contribution in [0.3, 0.4) is 0 Å². The molecule has 0 amide bonds. The number of benzene rings is 1. The van der Waals surface area contributed by atoms with Gasteiger partial charge >= 0.3 is 0 Å². The van der Waals surface area contributed by atoms with Crippen LogP contribution in [-0.4, -0.2) is 16.7 Å². The van der Waals surface area contributed by atoms with Crippen molar-refractivity contribution >= 4 is 0 Å². The molecule has 0 bridgehead atoms. The quantitative estimate of drug-likeness (QED) is 0.904. The molecule has 0 radical (unpaired) electrons. The van der Waals surface area contributed by atoms with Crippen molar-refractivity contribution in [3.05, 3.63) is 35.5 Å². The molecule has 4 nitrogen and oxygen atoms in total. The summed E-state index contributed by atoms with van der Waals surface area (Å²) in [7, 11) is 0. The van der Waals surface area contributed by atoms with Crippen molar-refractivity contribution < 1.29 is 8.91 Å². The molecule has 1 atom stereocenters.